The molecule has 0 bridgehead atoms. The Morgan fingerprint density at radius 1 is 1.09 bits per heavy atom. The second-order valence-electron chi connectivity index (χ2n) is 7.99. The van der Waals surface area contributed by atoms with Crippen LogP contribution < -0.4 is 9.47 Å². The Morgan fingerprint density at radius 2 is 1.94 bits per heavy atom. The highest BCUT2D eigenvalue weighted by Gasteiger charge is 2.30. The smallest absolute Gasteiger partial charge is 0.274 e. The van der Waals surface area contributed by atoms with Crippen LogP contribution in [0, 0.1) is 0 Å². The van der Waals surface area contributed by atoms with Gasteiger partial charge in [-0.05, 0) is 54.3 Å². The molecule has 1 atom stereocenters. The van der Waals surface area contributed by atoms with E-state index in [1.165, 1.54) is 5.56 Å². The summed E-state index contributed by atoms with van der Waals surface area (Å²) in [4.78, 5) is 19.6. The molecule has 0 saturated heterocycles. The molecule has 0 saturated carbocycles. The first-order valence-electron chi connectivity index (χ1n) is 10.7. The first-order chi connectivity index (χ1) is 16.0. The fraction of sp³-hybridized carbons (Fsp3) is 0.240. The van der Waals surface area contributed by atoms with E-state index in [2.05, 4.69) is 29.1 Å². The number of methoxy groups -OCH3 is 2. The number of amides is 1. The van der Waals surface area contributed by atoms with E-state index in [0.29, 0.717) is 29.0 Å². The first-order valence-corrected chi connectivity index (χ1v) is 11.0. The third-order valence-corrected chi connectivity index (χ3v) is 6.36. The molecule has 0 radical (unpaired) electrons. The van der Waals surface area contributed by atoms with Crippen LogP contribution in [-0.2, 0) is 6.42 Å². The largest absolute Gasteiger partial charge is 0.481 e. The van der Waals surface area contributed by atoms with Crippen LogP contribution in [0.5, 0.6) is 11.8 Å². The lowest BCUT2D eigenvalue weighted by Crippen LogP contribution is -2.39. The molecule has 1 aliphatic heterocycles. The molecule has 1 amide bonds. The summed E-state index contributed by atoms with van der Waals surface area (Å²) < 4.78 is 12.3. The van der Waals surface area contributed by atoms with Gasteiger partial charge in [0, 0.05) is 24.4 Å². The Kier molecular flexibility index (Phi) is 5.42. The van der Waals surface area contributed by atoms with Crippen molar-refractivity contribution < 1.29 is 14.3 Å². The van der Waals surface area contributed by atoms with Gasteiger partial charge in [-0.2, -0.15) is 10.1 Å². The standard InChI is InChI=1S/C25H23ClN4O3/c1-15-20-7-4-16(21-8-9-23(32-2)27-24(21)33-3)12-17(20)10-11-29(15)25(31)22-13-19-6-5-18(26)14-30(19)28-22/h4-9,12-15H,10-11H2,1-3H3. The van der Waals surface area contributed by atoms with Gasteiger partial charge in [0.15, 0.2) is 5.69 Å². The Hall–Kier alpha value is -3.58. The number of carbonyl (C=O) groups excluding carboxylic acids is 1. The van der Waals surface area contributed by atoms with Crippen LogP contribution in [0.25, 0.3) is 16.6 Å². The molecule has 1 aliphatic rings. The molecule has 4 aromatic rings. The van der Waals surface area contributed by atoms with Crippen LogP contribution in [0.15, 0.2) is 54.7 Å². The zero-order valence-electron chi connectivity index (χ0n) is 18.6. The highest BCUT2D eigenvalue weighted by Crippen LogP contribution is 2.36. The third kappa shape index (κ3) is 3.78. The van der Waals surface area contributed by atoms with Crippen molar-refractivity contribution in [1.29, 1.82) is 0 Å². The van der Waals surface area contributed by atoms with Crippen molar-refractivity contribution in [3.05, 3.63) is 76.6 Å². The highest BCUT2D eigenvalue weighted by molar-refractivity contribution is 6.30. The summed E-state index contributed by atoms with van der Waals surface area (Å²) in [6.07, 6.45) is 2.46. The van der Waals surface area contributed by atoms with E-state index in [0.717, 1.165) is 28.6 Å². The summed E-state index contributed by atoms with van der Waals surface area (Å²) in [6, 6.07) is 15.4. The third-order valence-electron chi connectivity index (χ3n) is 6.13. The SMILES string of the molecule is COc1ccc(-c2ccc3c(c2)CCN(C(=O)c2cc4ccc(Cl)cn4n2)C3C)c(OC)n1. The van der Waals surface area contributed by atoms with Gasteiger partial charge in [-0.25, -0.2) is 4.52 Å². The topological polar surface area (TPSA) is 69.0 Å². The maximum Gasteiger partial charge on any atom is 0.274 e. The van der Waals surface area contributed by atoms with Crippen LogP contribution in [0.1, 0.15) is 34.6 Å². The van der Waals surface area contributed by atoms with E-state index in [1.54, 1.807) is 37.1 Å². The van der Waals surface area contributed by atoms with Gasteiger partial charge >= 0.3 is 0 Å². The maximum atomic E-state index is 13.3. The molecule has 0 N–H and O–H groups in total. The first kappa shape index (κ1) is 21.3. The molecule has 4 heterocycles. The summed E-state index contributed by atoms with van der Waals surface area (Å²) in [6.45, 7) is 2.67. The van der Waals surface area contributed by atoms with E-state index in [4.69, 9.17) is 21.1 Å². The lowest BCUT2D eigenvalue weighted by molar-refractivity contribution is 0.0671. The normalized spacial score (nSPS) is 15.4. The number of nitrogens with zero attached hydrogens (tertiary/aromatic N) is 4. The Balaban J connectivity index is 1.43. The van der Waals surface area contributed by atoms with Gasteiger partial charge < -0.3 is 14.4 Å². The Bertz CT molecular complexity index is 1370. The quantitative estimate of drug-likeness (QED) is 0.434. The van der Waals surface area contributed by atoms with Crippen molar-refractivity contribution in [2.75, 3.05) is 20.8 Å². The molecule has 3 aromatic heterocycles. The number of rotatable bonds is 4. The summed E-state index contributed by atoms with van der Waals surface area (Å²) in [5.74, 6) is 0.936. The number of aromatic nitrogens is 3. The predicted octanol–water partition coefficient (Wildman–Crippen LogP) is 4.83. The van der Waals surface area contributed by atoms with E-state index in [1.807, 2.05) is 29.2 Å². The summed E-state index contributed by atoms with van der Waals surface area (Å²) in [5, 5.41) is 5.01. The number of fused-ring (bicyclic) bond motifs is 2. The van der Waals surface area contributed by atoms with Crippen molar-refractivity contribution in [3.8, 4) is 22.9 Å². The summed E-state index contributed by atoms with van der Waals surface area (Å²) in [5.41, 5.74) is 5.51. The van der Waals surface area contributed by atoms with E-state index < -0.39 is 0 Å². The van der Waals surface area contributed by atoms with Crippen molar-refractivity contribution >= 4 is 23.0 Å². The fourth-order valence-electron chi connectivity index (χ4n) is 4.40. The van der Waals surface area contributed by atoms with Crippen LogP contribution >= 0.6 is 11.6 Å². The molecule has 7 nitrogen and oxygen atoms in total. The fourth-order valence-corrected chi connectivity index (χ4v) is 4.56. The Labute approximate surface area is 196 Å². The van der Waals surface area contributed by atoms with E-state index in [-0.39, 0.29) is 11.9 Å². The average Bonchev–Trinajstić information content (AvgIpc) is 3.26. The molecule has 168 valence electrons. The monoisotopic (exact) mass is 462 g/mol. The van der Waals surface area contributed by atoms with Gasteiger partial charge in [-0.3, -0.25) is 4.79 Å². The summed E-state index contributed by atoms with van der Waals surface area (Å²) in [7, 11) is 3.18. The van der Waals surface area contributed by atoms with Gasteiger partial charge in [0.05, 0.1) is 30.8 Å². The van der Waals surface area contributed by atoms with Crippen LogP contribution in [0.4, 0.5) is 0 Å². The minimum absolute atomic E-state index is 0.0698. The number of hydrogen-bond acceptors (Lipinski definition) is 5. The second-order valence-corrected chi connectivity index (χ2v) is 8.43. The number of benzene rings is 1. The van der Waals surface area contributed by atoms with Crippen molar-refractivity contribution in [1.82, 2.24) is 19.5 Å². The molecular formula is C25H23ClN4O3. The molecule has 1 unspecified atom stereocenters. The molecule has 33 heavy (non-hydrogen) atoms. The lowest BCUT2D eigenvalue weighted by atomic mass is 9.90. The number of hydrogen-bond donors (Lipinski definition) is 0. The number of halogens is 1. The number of pyridine rings is 2. The van der Waals surface area contributed by atoms with Gasteiger partial charge in [0.2, 0.25) is 11.8 Å². The van der Waals surface area contributed by atoms with Gasteiger partial charge in [-0.15, -0.1) is 0 Å². The van der Waals surface area contributed by atoms with E-state index >= 15 is 0 Å². The van der Waals surface area contributed by atoms with Gasteiger partial charge in [0.25, 0.3) is 5.91 Å². The number of carbonyl (C=O) groups is 1. The molecule has 0 spiro atoms. The second kappa shape index (κ2) is 8.41. The van der Waals surface area contributed by atoms with E-state index in [9.17, 15) is 4.79 Å². The van der Waals surface area contributed by atoms with Crippen molar-refractivity contribution in [2.24, 2.45) is 0 Å². The predicted molar refractivity (Wildman–Crippen MR) is 126 cm³/mol. The van der Waals surface area contributed by atoms with Crippen molar-refractivity contribution in [3.63, 3.8) is 0 Å². The molecule has 5 rings (SSSR count). The number of ether oxygens (including phenoxy) is 2. The minimum Gasteiger partial charge on any atom is -0.481 e. The molecular weight excluding hydrogens is 440 g/mol. The molecule has 8 heteroatoms. The lowest BCUT2D eigenvalue weighted by Gasteiger charge is -2.35. The van der Waals surface area contributed by atoms with Crippen molar-refractivity contribution in [2.45, 2.75) is 19.4 Å². The Morgan fingerprint density at radius 3 is 2.73 bits per heavy atom. The highest BCUT2D eigenvalue weighted by atomic mass is 35.5. The van der Waals surface area contributed by atoms with Crippen LogP contribution in [0.3, 0.4) is 0 Å². The molecule has 1 aromatic carbocycles. The minimum atomic E-state index is -0.0851. The average molecular weight is 463 g/mol. The zero-order valence-corrected chi connectivity index (χ0v) is 19.3. The maximum absolute atomic E-state index is 13.3. The molecule has 0 fully saturated rings. The molecule has 0 aliphatic carbocycles. The zero-order chi connectivity index (χ0) is 23.1. The summed E-state index contributed by atoms with van der Waals surface area (Å²) >= 11 is 6.05. The van der Waals surface area contributed by atoms with Crippen LogP contribution in [0.2, 0.25) is 5.02 Å². The van der Waals surface area contributed by atoms with Gasteiger partial charge in [0.1, 0.15) is 0 Å². The van der Waals surface area contributed by atoms with Gasteiger partial charge in [-0.1, -0.05) is 29.8 Å². The van der Waals surface area contributed by atoms with Crippen LogP contribution in [-0.4, -0.2) is 46.2 Å².